The minimum atomic E-state index is 0.686. The van der Waals surface area contributed by atoms with Gasteiger partial charge in [-0.15, -0.1) is 0 Å². The van der Waals surface area contributed by atoms with Gasteiger partial charge in [0.25, 0.3) is 0 Å². The molecular formula is C39H25N3. The molecule has 2 aromatic heterocycles. The molecule has 0 saturated carbocycles. The Morgan fingerprint density at radius 3 is 1.57 bits per heavy atom. The number of pyridine rings is 1. The molecule has 3 heteroatoms. The van der Waals surface area contributed by atoms with Gasteiger partial charge in [0, 0.05) is 27.6 Å². The van der Waals surface area contributed by atoms with Gasteiger partial charge in [-0.1, -0.05) is 127 Å². The van der Waals surface area contributed by atoms with Crippen LogP contribution in [0.25, 0.3) is 77.6 Å². The molecule has 6 aromatic carbocycles. The molecule has 3 nitrogen and oxygen atoms in total. The minimum Gasteiger partial charge on any atom is -0.248 e. The first-order chi connectivity index (χ1) is 20.8. The molecule has 0 aliphatic heterocycles. The van der Waals surface area contributed by atoms with Crippen LogP contribution in [0.1, 0.15) is 0 Å². The fraction of sp³-hybridized carbons (Fsp3) is 0. The van der Waals surface area contributed by atoms with Gasteiger partial charge in [0.2, 0.25) is 0 Å². The SMILES string of the molecule is c1cc(-c2ccc3ccccc3n2)cc(-c2nc(-c3cccc4ccccc34)cc(-c3cccc4ccccc34)n2)c1. The van der Waals surface area contributed by atoms with Crippen LogP contribution in [0, 0.1) is 0 Å². The molecule has 0 bridgehead atoms. The lowest BCUT2D eigenvalue weighted by atomic mass is 9.98. The summed E-state index contributed by atoms with van der Waals surface area (Å²) in [4.78, 5) is 15.3. The summed E-state index contributed by atoms with van der Waals surface area (Å²) in [5.74, 6) is 0.686. The van der Waals surface area contributed by atoms with Crippen molar-refractivity contribution in [2.24, 2.45) is 0 Å². The Labute approximate surface area is 243 Å². The smallest absolute Gasteiger partial charge is 0.160 e. The van der Waals surface area contributed by atoms with Crippen molar-refractivity contribution < 1.29 is 0 Å². The molecular weight excluding hydrogens is 510 g/mol. The van der Waals surface area contributed by atoms with Crippen molar-refractivity contribution in [3.05, 3.63) is 152 Å². The maximum Gasteiger partial charge on any atom is 0.160 e. The van der Waals surface area contributed by atoms with E-state index in [1.165, 1.54) is 21.5 Å². The zero-order valence-electron chi connectivity index (χ0n) is 22.8. The minimum absolute atomic E-state index is 0.686. The van der Waals surface area contributed by atoms with Gasteiger partial charge >= 0.3 is 0 Å². The topological polar surface area (TPSA) is 38.7 Å². The highest BCUT2D eigenvalue weighted by atomic mass is 14.9. The van der Waals surface area contributed by atoms with Gasteiger partial charge in [-0.25, -0.2) is 15.0 Å². The van der Waals surface area contributed by atoms with E-state index < -0.39 is 0 Å². The van der Waals surface area contributed by atoms with Crippen LogP contribution >= 0.6 is 0 Å². The predicted molar refractivity (Wildman–Crippen MR) is 174 cm³/mol. The third-order valence-corrected chi connectivity index (χ3v) is 7.87. The summed E-state index contributed by atoms with van der Waals surface area (Å²) in [6.07, 6.45) is 0. The Morgan fingerprint density at radius 2 is 0.881 bits per heavy atom. The first-order valence-electron chi connectivity index (χ1n) is 14.1. The number of para-hydroxylation sites is 1. The molecule has 0 amide bonds. The highest BCUT2D eigenvalue weighted by Crippen LogP contribution is 2.35. The fourth-order valence-corrected chi connectivity index (χ4v) is 5.79. The third-order valence-electron chi connectivity index (χ3n) is 7.87. The van der Waals surface area contributed by atoms with E-state index in [4.69, 9.17) is 15.0 Å². The zero-order chi connectivity index (χ0) is 27.9. The van der Waals surface area contributed by atoms with Gasteiger partial charge in [-0.2, -0.15) is 0 Å². The van der Waals surface area contributed by atoms with Crippen molar-refractivity contribution >= 4 is 32.4 Å². The van der Waals surface area contributed by atoms with Crippen LogP contribution in [-0.2, 0) is 0 Å². The molecule has 2 heterocycles. The molecule has 42 heavy (non-hydrogen) atoms. The summed E-state index contributed by atoms with van der Waals surface area (Å²) in [5, 5.41) is 5.84. The van der Waals surface area contributed by atoms with Gasteiger partial charge in [-0.3, -0.25) is 0 Å². The summed E-state index contributed by atoms with van der Waals surface area (Å²) in [5.41, 5.74) is 7.86. The van der Waals surface area contributed by atoms with Crippen molar-refractivity contribution in [1.82, 2.24) is 15.0 Å². The van der Waals surface area contributed by atoms with E-state index in [0.717, 1.165) is 50.2 Å². The molecule has 196 valence electrons. The summed E-state index contributed by atoms with van der Waals surface area (Å²) in [7, 11) is 0. The van der Waals surface area contributed by atoms with Crippen molar-refractivity contribution in [3.63, 3.8) is 0 Å². The quantitative estimate of drug-likeness (QED) is 0.225. The van der Waals surface area contributed by atoms with Crippen LogP contribution in [0.5, 0.6) is 0 Å². The first-order valence-corrected chi connectivity index (χ1v) is 14.1. The highest BCUT2D eigenvalue weighted by molar-refractivity contribution is 5.99. The van der Waals surface area contributed by atoms with E-state index in [1.807, 2.05) is 12.1 Å². The lowest BCUT2D eigenvalue weighted by Gasteiger charge is -2.13. The Hall–Kier alpha value is -5.67. The molecule has 0 aliphatic rings. The van der Waals surface area contributed by atoms with E-state index in [1.54, 1.807) is 0 Å². The Morgan fingerprint density at radius 1 is 0.333 bits per heavy atom. The summed E-state index contributed by atoms with van der Waals surface area (Å²) in [6.45, 7) is 0. The van der Waals surface area contributed by atoms with Crippen molar-refractivity contribution in [2.75, 3.05) is 0 Å². The Kier molecular flexibility index (Phi) is 5.79. The van der Waals surface area contributed by atoms with Gasteiger partial charge in [0.05, 0.1) is 22.6 Å². The standard InChI is InChI=1S/C39H25N3/c1-4-17-31-26(10-1)13-8-19-33(31)37-25-38(34-20-9-14-27-11-2-5-18-32(27)34)42-39(41-37)30-16-7-15-29(24-30)36-23-22-28-12-3-6-21-35(28)40-36/h1-25H. The van der Waals surface area contributed by atoms with Gasteiger partial charge < -0.3 is 0 Å². The monoisotopic (exact) mass is 535 g/mol. The number of fused-ring (bicyclic) bond motifs is 3. The number of nitrogens with zero attached hydrogens (tertiary/aromatic N) is 3. The molecule has 0 aliphatic carbocycles. The largest absolute Gasteiger partial charge is 0.248 e. The normalized spacial score (nSPS) is 11.3. The van der Waals surface area contributed by atoms with Crippen molar-refractivity contribution in [1.29, 1.82) is 0 Å². The highest BCUT2D eigenvalue weighted by Gasteiger charge is 2.15. The van der Waals surface area contributed by atoms with Crippen molar-refractivity contribution in [3.8, 4) is 45.2 Å². The maximum absolute atomic E-state index is 5.18. The molecule has 0 fully saturated rings. The number of hydrogen-bond acceptors (Lipinski definition) is 3. The van der Waals surface area contributed by atoms with Gasteiger partial charge in [0.15, 0.2) is 5.82 Å². The second-order valence-electron chi connectivity index (χ2n) is 10.5. The van der Waals surface area contributed by atoms with Gasteiger partial charge in [-0.05, 0) is 45.8 Å². The third kappa shape index (κ3) is 4.29. The van der Waals surface area contributed by atoms with E-state index in [2.05, 4.69) is 140 Å². The fourth-order valence-electron chi connectivity index (χ4n) is 5.79. The molecule has 0 unspecified atom stereocenters. The lowest BCUT2D eigenvalue weighted by molar-refractivity contribution is 1.19. The Balaban J connectivity index is 1.34. The molecule has 8 aromatic rings. The average molecular weight is 536 g/mol. The van der Waals surface area contributed by atoms with E-state index in [-0.39, 0.29) is 0 Å². The van der Waals surface area contributed by atoms with Crippen LogP contribution in [0.4, 0.5) is 0 Å². The van der Waals surface area contributed by atoms with Crippen LogP contribution < -0.4 is 0 Å². The second kappa shape index (κ2) is 10.1. The van der Waals surface area contributed by atoms with Crippen LogP contribution in [-0.4, -0.2) is 15.0 Å². The summed E-state index contributed by atoms with van der Waals surface area (Å²) < 4.78 is 0. The molecule has 0 spiro atoms. The lowest BCUT2D eigenvalue weighted by Crippen LogP contribution is -1.97. The van der Waals surface area contributed by atoms with Crippen LogP contribution in [0.3, 0.4) is 0 Å². The molecule has 0 saturated heterocycles. The maximum atomic E-state index is 5.18. The van der Waals surface area contributed by atoms with Crippen molar-refractivity contribution in [2.45, 2.75) is 0 Å². The first kappa shape index (κ1) is 24.2. The van der Waals surface area contributed by atoms with E-state index >= 15 is 0 Å². The number of benzene rings is 6. The zero-order valence-corrected chi connectivity index (χ0v) is 22.8. The summed E-state index contributed by atoms with van der Waals surface area (Å²) >= 11 is 0. The number of aromatic nitrogens is 3. The molecule has 0 N–H and O–H groups in total. The molecule has 0 radical (unpaired) electrons. The van der Waals surface area contributed by atoms with Gasteiger partial charge in [0.1, 0.15) is 0 Å². The number of rotatable bonds is 4. The predicted octanol–water partition coefficient (Wildman–Crippen LogP) is 10.00. The van der Waals surface area contributed by atoms with Crippen LogP contribution in [0.2, 0.25) is 0 Å². The average Bonchev–Trinajstić information content (AvgIpc) is 3.07. The number of hydrogen-bond donors (Lipinski definition) is 0. The molecule has 0 atom stereocenters. The Bertz CT molecular complexity index is 2160. The van der Waals surface area contributed by atoms with Crippen LogP contribution in [0.15, 0.2) is 152 Å². The summed E-state index contributed by atoms with van der Waals surface area (Å²) in [6, 6.07) is 52.6. The molecule has 8 rings (SSSR count). The van der Waals surface area contributed by atoms with E-state index in [0.29, 0.717) is 5.82 Å². The van der Waals surface area contributed by atoms with E-state index in [9.17, 15) is 0 Å². The second-order valence-corrected chi connectivity index (χ2v) is 10.5.